The van der Waals surface area contributed by atoms with Crippen LogP contribution in [0.5, 0.6) is 0 Å². The first-order valence-electron chi connectivity index (χ1n) is 5.45. The Balaban J connectivity index is 2.06. The Kier molecular flexibility index (Phi) is 3.94. The van der Waals surface area contributed by atoms with Crippen LogP contribution in [0.15, 0.2) is 42.5 Å². The van der Waals surface area contributed by atoms with E-state index in [-0.39, 0.29) is 4.88 Å². The Morgan fingerprint density at radius 2 is 1.79 bits per heavy atom. The van der Waals surface area contributed by atoms with E-state index >= 15 is 0 Å². The quantitative estimate of drug-likeness (QED) is 0.799. The second kappa shape index (κ2) is 5.64. The highest BCUT2D eigenvalue weighted by molar-refractivity contribution is 7.18. The van der Waals surface area contributed by atoms with Crippen LogP contribution in [0.2, 0.25) is 0 Å². The van der Waals surface area contributed by atoms with Gasteiger partial charge in [0.1, 0.15) is 4.88 Å². The molecule has 3 N–H and O–H groups in total. The SMILES string of the molecule is O=C(O)c1ccc(NC(=O)C(O)c2ccccc2)s1. The molecule has 1 aromatic heterocycles. The van der Waals surface area contributed by atoms with E-state index in [0.717, 1.165) is 11.3 Å². The Bertz CT molecular complexity index is 594. The van der Waals surface area contributed by atoms with Crippen molar-refractivity contribution < 1.29 is 19.8 Å². The number of amides is 1. The molecule has 0 spiro atoms. The van der Waals surface area contributed by atoms with Crippen molar-refractivity contribution in [3.8, 4) is 0 Å². The highest BCUT2D eigenvalue weighted by Gasteiger charge is 2.18. The second-order valence-corrected chi connectivity index (χ2v) is 4.86. The topological polar surface area (TPSA) is 86.6 Å². The van der Waals surface area contributed by atoms with Gasteiger partial charge in [-0.3, -0.25) is 4.79 Å². The number of carboxylic acid groups (broad SMARTS) is 1. The molecule has 1 atom stereocenters. The number of carboxylic acids is 1. The second-order valence-electron chi connectivity index (χ2n) is 3.77. The van der Waals surface area contributed by atoms with E-state index in [1.165, 1.54) is 12.1 Å². The molecular weight excluding hydrogens is 266 g/mol. The Hall–Kier alpha value is -2.18. The molecule has 6 heteroatoms. The minimum Gasteiger partial charge on any atom is -0.477 e. The summed E-state index contributed by atoms with van der Waals surface area (Å²) < 4.78 is 0. The van der Waals surface area contributed by atoms with E-state index in [2.05, 4.69) is 5.32 Å². The first-order valence-corrected chi connectivity index (χ1v) is 6.26. The summed E-state index contributed by atoms with van der Waals surface area (Å²) >= 11 is 0.939. The lowest BCUT2D eigenvalue weighted by atomic mass is 10.1. The maximum Gasteiger partial charge on any atom is 0.345 e. The van der Waals surface area contributed by atoms with Crippen LogP contribution in [0.3, 0.4) is 0 Å². The lowest BCUT2D eigenvalue weighted by Crippen LogP contribution is -2.20. The number of hydrogen-bond donors (Lipinski definition) is 3. The zero-order valence-corrected chi connectivity index (χ0v) is 10.6. The van der Waals surface area contributed by atoms with E-state index in [4.69, 9.17) is 5.11 Å². The number of nitrogens with one attached hydrogen (secondary N) is 1. The third-order valence-electron chi connectivity index (χ3n) is 2.43. The Morgan fingerprint density at radius 3 is 2.37 bits per heavy atom. The molecule has 19 heavy (non-hydrogen) atoms. The molecular formula is C13H11NO4S. The number of aliphatic hydroxyl groups is 1. The van der Waals surface area contributed by atoms with Gasteiger partial charge < -0.3 is 15.5 Å². The first-order chi connectivity index (χ1) is 9.08. The summed E-state index contributed by atoms with van der Waals surface area (Å²) in [6, 6.07) is 11.4. The van der Waals surface area contributed by atoms with Gasteiger partial charge in [0.2, 0.25) is 0 Å². The molecule has 2 rings (SSSR count). The van der Waals surface area contributed by atoms with Crippen molar-refractivity contribution in [3.63, 3.8) is 0 Å². The Labute approximate surface area is 113 Å². The predicted octanol–water partition coefficient (Wildman–Crippen LogP) is 2.12. The molecule has 0 bridgehead atoms. The summed E-state index contributed by atoms with van der Waals surface area (Å²) in [5.41, 5.74) is 0.481. The van der Waals surface area contributed by atoms with Crippen LogP contribution >= 0.6 is 11.3 Å². The van der Waals surface area contributed by atoms with Crippen molar-refractivity contribution in [3.05, 3.63) is 52.9 Å². The molecule has 0 fully saturated rings. The van der Waals surface area contributed by atoms with Crippen LogP contribution in [0.4, 0.5) is 5.00 Å². The molecule has 0 aliphatic heterocycles. The lowest BCUT2D eigenvalue weighted by Gasteiger charge is -2.10. The number of rotatable bonds is 4. The molecule has 1 amide bonds. The van der Waals surface area contributed by atoms with Crippen molar-refractivity contribution in [1.29, 1.82) is 0 Å². The Morgan fingerprint density at radius 1 is 1.11 bits per heavy atom. The minimum atomic E-state index is -1.28. The van der Waals surface area contributed by atoms with Crippen molar-refractivity contribution in [2.75, 3.05) is 5.32 Å². The van der Waals surface area contributed by atoms with Gasteiger partial charge >= 0.3 is 5.97 Å². The number of carbonyl (C=O) groups is 2. The summed E-state index contributed by atoms with van der Waals surface area (Å²) in [7, 11) is 0. The molecule has 5 nitrogen and oxygen atoms in total. The van der Waals surface area contributed by atoms with E-state index in [1.807, 2.05) is 0 Å². The summed E-state index contributed by atoms with van der Waals surface area (Å²) in [4.78, 5) is 22.6. The average molecular weight is 277 g/mol. The molecule has 1 heterocycles. The highest BCUT2D eigenvalue weighted by atomic mass is 32.1. The number of aromatic carboxylic acids is 1. The summed E-state index contributed by atoms with van der Waals surface area (Å²) in [5, 5.41) is 21.5. The summed E-state index contributed by atoms with van der Waals surface area (Å²) in [6.07, 6.45) is -1.28. The fourth-order valence-corrected chi connectivity index (χ4v) is 2.24. The number of carbonyl (C=O) groups excluding carboxylic acids is 1. The summed E-state index contributed by atoms with van der Waals surface area (Å²) in [5.74, 6) is -1.64. The third kappa shape index (κ3) is 3.18. The van der Waals surface area contributed by atoms with Crippen molar-refractivity contribution in [2.45, 2.75) is 6.10 Å². The molecule has 1 unspecified atom stereocenters. The molecule has 2 aromatic rings. The molecule has 0 aliphatic rings. The maximum absolute atomic E-state index is 11.8. The van der Waals surface area contributed by atoms with Gasteiger partial charge in [-0.05, 0) is 17.7 Å². The van der Waals surface area contributed by atoms with Crippen molar-refractivity contribution in [2.24, 2.45) is 0 Å². The van der Waals surface area contributed by atoms with E-state index in [9.17, 15) is 14.7 Å². The molecule has 0 saturated heterocycles. The van der Waals surface area contributed by atoms with Gasteiger partial charge in [-0.15, -0.1) is 11.3 Å². The number of thiophene rings is 1. The number of anilines is 1. The molecule has 0 saturated carbocycles. The summed E-state index contributed by atoms with van der Waals surface area (Å²) in [6.45, 7) is 0. The average Bonchev–Trinajstić information content (AvgIpc) is 2.87. The maximum atomic E-state index is 11.8. The van der Waals surface area contributed by atoms with Crippen LogP contribution in [0.25, 0.3) is 0 Å². The molecule has 0 aliphatic carbocycles. The lowest BCUT2D eigenvalue weighted by molar-refractivity contribution is -0.124. The number of aliphatic hydroxyl groups excluding tert-OH is 1. The number of hydrogen-bond acceptors (Lipinski definition) is 4. The van der Waals surface area contributed by atoms with Gasteiger partial charge in [-0.25, -0.2) is 4.79 Å². The number of benzene rings is 1. The fourth-order valence-electron chi connectivity index (χ4n) is 1.50. The van der Waals surface area contributed by atoms with E-state index in [1.54, 1.807) is 30.3 Å². The molecule has 98 valence electrons. The normalized spacial score (nSPS) is 11.8. The predicted molar refractivity (Wildman–Crippen MR) is 71.3 cm³/mol. The van der Waals surface area contributed by atoms with Gasteiger partial charge in [0, 0.05) is 0 Å². The van der Waals surface area contributed by atoms with Crippen molar-refractivity contribution >= 4 is 28.2 Å². The monoisotopic (exact) mass is 277 g/mol. The zero-order chi connectivity index (χ0) is 13.8. The zero-order valence-electron chi connectivity index (χ0n) is 9.74. The van der Waals surface area contributed by atoms with Gasteiger partial charge in [-0.2, -0.15) is 0 Å². The van der Waals surface area contributed by atoms with Crippen LogP contribution < -0.4 is 5.32 Å². The standard InChI is InChI=1S/C13H11NO4S/c15-11(8-4-2-1-3-5-8)12(16)14-10-7-6-9(19-10)13(17)18/h1-7,11,15H,(H,14,16)(H,17,18). The van der Waals surface area contributed by atoms with Gasteiger partial charge in [-0.1, -0.05) is 30.3 Å². The largest absolute Gasteiger partial charge is 0.477 e. The van der Waals surface area contributed by atoms with Crippen LogP contribution in [0.1, 0.15) is 21.3 Å². The van der Waals surface area contributed by atoms with Crippen LogP contribution in [-0.2, 0) is 4.79 Å². The highest BCUT2D eigenvalue weighted by Crippen LogP contribution is 2.23. The van der Waals surface area contributed by atoms with Gasteiger partial charge in [0.05, 0.1) is 5.00 Å². The van der Waals surface area contributed by atoms with E-state index in [0.29, 0.717) is 10.6 Å². The van der Waals surface area contributed by atoms with Crippen molar-refractivity contribution in [1.82, 2.24) is 0 Å². The molecule has 1 aromatic carbocycles. The minimum absolute atomic E-state index is 0.129. The van der Waals surface area contributed by atoms with Crippen LogP contribution in [0, 0.1) is 0 Å². The van der Waals surface area contributed by atoms with Crippen LogP contribution in [-0.4, -0.2) is 22.1 Å². The molecule has 0 radical (unpaired) electrons. The van der Waals surface area contributed by atoms with Gasteiger partial charge in [0.15, 0.2) is 6.10 Å². The van der Waals surface area contributed by atoms with E-state index < -0.39 is 18.0 Å². The fraction of sp³-hybridized carbons (Fsp3) is 0.0769. The smallest absolute Gasteiger partial charge is 0.345 e. The third-order valence-corrected chi connectivity index (χ3v) is 3.42. The van der Waals surface area contributed by atoms with Gasteiger partial charge in [0.25, 0.3) is 5.91 Å². The first kappa shape index (κ1) is 13.3.